The third-order valence-corrected chi connectivity index (χ3v) is 3.20. The number of para-hydroxylation sites is 1. The number of phenolic OH excluding ortho intramolecular Hbond substituents is 2. The second-order valence-electron chi connectivity index (χ2n) is 4.40. The molecule has 1 aliphatic rings. The lowest BCUT2D eigenvalue weighted by atomic mass is 10.1. The molecule has 6 nitrogen and oxygen atoms in total. The molecule has 1 fully saturated rings. The van der Waals surface area contributed by atoms with Gasteiger partial charge in [-0.1, -0.05) is 6.07 Å². The van der Waals surface area contributed by atoms with E-state index < -0.39 is 0 Å². The highest BCUT2D eigenvalue weighted by atomic mass is 16.3. The molecular weight excluding hydrogens is 246 g/mol. The SMILES string of the molecule is N#CCN1CCN(C(=O)c2cccc(O)c2O)CC1. The van der Waals surface area contributed by atoms with Crippen molar-refractivity contribution in [3.05, 3.63) is 23.8 Å². The zero-order valence-corrected chi connectivity index (χ0v) is 10.4. The normalized spacial score (nSPS) is 16.1. The minimum atomic E-state index is -0.382. The van der Waals surface area contributed by atoms with Crippen LogP contribution in [0.4, 0.5) is 0 Å². The molecule has 19 heavy (non-hydrogen) atoms. The number of piperazine rings is 1. The Hall–Kier alpha value is -2.26. The number of amides is 1. The lowest BCUT2D eigenvalue weighted by Gasteiger charge is -2.33. The lowest BCUT2D eigenvalue weighted by Crippen LogP contribution is -2.48. The van der Waals surface area contributed by atoms with E-state index in [9.17, 15) is 15.0 Å². The molecule has 1 aromatic rings. The summed E-state index contributed by atoms with van der Waals surface area (Å²) < 4.78 is 0. The average Bonchev–Trinajstić information content (AvgIpc) is 2.42. The van der Waals surface area contributed by atoms with Crippen LogP contribution in [-0.4, -0.2) is 58.6 Å². The Morgan fingerprint density at radius 2 is 1.95 bits per heavy atom. The molecule has 100 valence electrons. The molecule has 1 heterocycles. The molecule has 1 aromatic carbocycles. The van der Waals surface area contributed by atoms with E-state index in [0.29, 0.717) is 32.7 Å². The first-order valence-corrected chi connectivity index (χ1v) is 6.03. The van der Waals surface area contributed by atoms with Gasteiger partial charge in [0.2, 0.25) is 0 Å². The number of nitrogens with zero attached hydrogens (tertiary/aromatic N) is 3. The van der Waals surface area contributed by atoms with E-state index in [1.807, 2.05) is 4.90 Å². The molecule has 1 saturated heterocycles. The first-order chi connectivity index (χ1) is 9.13. The molecule has 1 amide bonds. The van der Waals surface area contributed by atoms with E-state index in [2.05, 4.69) is 6.07 Å². The standard InChI is InChI=1S/C13H15N3O3/c14-4-5-15-6-8-16(9-7-15)13(19)10-2-1-3-11(17)12(10)18/h1-3,17-18H,5-9H2. The van der Waals surface area contributed by atoms with Crippen LogP contribution in [-0.2, 0) is 0 Å². The predicted octanol–water partition coefficient (Wildman–Crippen LogP) is 0.379. The fourth-order valence-electron chi connectivity index (χ4n) is 2.08. The summed E-state index contributed by atoms with van der Waals surface area (Å²) in [6.45, 7) is 2.66. The van der Waals surface area contributed by atoms with Crippen LogP contribution in [0.1, 0.15) is 10.4 Å². The number of benzene rings is 1. The van der Waals surface area contributed by atoms with E-state index in [0.717, 1.165) is 0 Å². The highest BCUT2D eigenvalue weighted by molar-refractivity contribution is 5.97. The Kier molecular flexibility index (Phi) is 3.88. The zero-order valence-electron chi connectivity index (χ0n) is 10.4. The van der Waals surface area contributed by atoms with Gasteiger partial charge in [-0.05, 0) is 12.1 Å². The summed E-state index contributed by atoms with van der Waals surface area (Å²) in [5.74, 6) is -0.981. The Morgan fingerprint density at radius 1 is 1.26 bits per heavy atom. The number of hydrogen-bond donors (Lipinski definition) is 2. The largest absolute Gasteiger partial charge is 0.504 e. The van der Waals surface area contributed by atoms with Crippen molar-refractivity contribution in [3.8, 4) is 17.6 Å². The predicted molar refractivity (Wildman–Crippen MR) is 67.7 cm³/mol. The summed E-state index contributed by atoms with van der Waals surface area (Å²) in [5, 5.41) is 27.7. The fraction of sp³-hybridized carbons (Fsp3) is 0.385. The van der Waals surface area contributed by atoms with Crippen LogP contribution < -0.4 is 0 Å². The lowest BCUT2D eigenvalue weighted by molar-refractivity contribution is 0.0648. The van der Waals surface area contributed by atoms with Gasteiger partial charge in [-0.15, -0.1) is 0 Å². The molecule has 2 N–H and O–H groups in total. The summed E-state index contributed by atoms with van der Waals surface area (Å²) in [7, 11) is 0. The van der Waals surface area contributed by atoms with E-state index in [1.165, 1.54) is 18.2 Å². The third kappa shape index (κ3) is 2.77. The molecule has 0 saturated carbocycles. The number of carbonyl (C=O) groups excluding carboxylic acids is 1. The van der Waals surface area contributed by atoms with Crippen molar-refractivity contribution in [2.24, 2.45) is 0 Å². The van der Waals surface area contributed by atoms with E-state index >= 15 is 0 Å². The minimum absolute atomic E-state index is 0.105. The molecule has 2 rings (SSSR count). The van der Waals surface area contributed by atoms with Gasteiger partial charge in [0.05, 0.1) is 18.2 Å². The van der Waals surface area contributed by atoms with Crippen LogP contribution in [0.3, 0.4) is 0 Å². The highest BCUT2D eigenvalue weighted by Gasteiger charge is 2.24. The minimum Gasteiger partial charge on any atom is -0.504 e. The van der Waals surface area contributed by atoms with Crippen molar-refractivity contribution in [2.45, 2.75) is 0 Å². The average molecular weight is 261 g/mol. The molecule has 0 spiro atoms. The molecule has 0 radical (unpaired) electrons. The number of aromatic hydroxyl groups is 2. The van der Waals surface area contributed by atoms with Gasteiger partial charge in [-0.2, -0.15) is 5.26 Å². The van der Waals surface area contributed by atoms with Crippen molar-refractivity contribution in [2.75, 3.05) is 32.7 Å². The molecule has 0 bridgehead atoms. The monoisotopic (exact) mass is 261 g/mol. The third-order valence-electron chi connectivity index (χ3n) is 3.20. The second-order valence-corrected chi connectivity index (χ2v) is 4.40. The van der Waals surface area contributed by atoms with Crippen molar-refractivity contribution >= 4 is 5.91 Å². The smallest absolute Gasteiger partial charge is 0.257 e. The van der Waals surface area contributed by atoms with Gasteiger partial charge in [-0.25, -0.2) is 0 Å². The van der Waals surface area contributed by atoms with Crippen LogP contribution in [0.5, 0.6) is 11.5 Å². The van der Waals surface area contributed by atoms with Crippen molar-refractivity contribution in [1.82, 2.24) is 9.80 Å². The molecule has 1 aliphatic heterocycles. The number of nitriles is 1. The van der Waals surface area contributed by atoms with Crippen molar-refractivity contribution < 1.29 is 15.0 Å². The van der Waals surface area contributed by atoms with Crippen LogP contribution in [0.15, 0.2) is 18.2 Å². The van der Waals surface area contributed by atoms with Crippen molar-refractivity contribution in [1.29, 1.82) is 5.26 Å². The molecular formula is C13H15N3O3. The second kappa shape index (κ2) is 5.59. The highest BCUT2D eigenvalue weighted by Crippen LogP contribution is 2.29. The van der Waals surface area contributed by atoms with Crippen LogP contribution >= 0.6 is 0 Å². The van der Waals surface area contributed by atoms with Gasteiger partial charge in [0.25, 0.3) is 5.91 Å². The Balaban J connectivity index is 2.06. The van der Waals surface area contributed by atoms with Gasteiger partial charge in [0.15, 0.2) is 11.5 Å². The topological polar surface area (TPSA) is 87.8 Å². The molecule has 6 heteroatoms. The maximum absolute atomic E-state index is 12.2. The Morgan fingerprint density at radius 3 is 2.58 bits per heavy atom. The van der Waals surface area contributed by atoms with Gasteiger partial charge in [0, 0.05) is 26.2 Å². The van der Waals surface area contributed by atoms with E-state index in [-0.39, 0.29) is 23.0 Å². The fourth-order valence-corrected chi connectivity index (χ4v) is 2.08. The molecule has 0 atom stereocenters. The first kappa shape index (κ1) is 13.2. The zero-order chi connectivity index (χ0) is 13.8. The molecule has 0 aromatic heterocycles. The Labute approximate surface area is 111 Å². The van der Waals surface area contributed by atoms with Crippen LogP contribution in [0, 0.1) is 11.3 Å². The van der Waals surface area contributed by atoms with Gasteiger partial charge >= 0.3 is 0 Å². The van der Waals surface area contributed by atoms with Gasteiger partial charge < -0.3 is 15.1 Å². The van der Waals surface area contributed by atoms with Crippen LogP contribution in [0.25, 0.3) is 0 Å². The first-order valence-electron chi connectivity index (χ1n) is 6.03. The van der Waals surface area contributed by atoms with Gasteiger partial charge in [-0.3, -0.25) is 9.69 Å². The summed E-state index contributed by atoms with van der Waals surface area (Å²) in [6.07, 6.45) is 0. The Bertz CT molecular complexity index is 516. The quantitative estimate of drug-likeness (QED) is 0.593. The van der Waals surface area contributed by atoms with Crippen LogP contribution in [0.2, 0.25) is 0 Å². The molecule has 0 unspecified atom stereocenters. The van der Waals surface area contributed by atoms with E-state index in [1.54, 1.807) is 4.90 Å². The summed E-state index contributed by atoms with van der Waals surface area (Å²) in [4.78, 5) is 15.8. The van der Waals surface area contributed by atoms with Crippen molar-refractivity contribution in [3.63, 3.8) is 0 Å². The summed E-state index contributed by atoms with van der Waals surface area (Å²) in [6, 6.07) is 6.42. The van der Waals surface area contributed by atoms with Gasteiger partial charge in [0.1, 0.15) is 0 Å². The number of rotatable bonds is 2. The maximum atomic E-state index is 12.2. The molecule has 0 aliphatic carbocycles. The summed E-state index contributed by atoms with van der Waals surface area (Å²) >= 11 is 0. The number of hydrogen-bond acceptors (Lipinski definition) is 5. The maximum Gasteiger partial charge on any atom is 0.257 e. The number of carbonyl (C=O) groups is 1. The number of phenols is 2. The van der Waals surface area contributed by atoms with E-state index in [4.69, 9.17) is 5.26 Å². The summed E-state index contributed by atoms with van der Waals surface area (Å²) in [5.41, 5.74) is 0.105.